The van der Waals surface area contributed by atoms with Crippen LogP contribution in [0.15, 0.2) is 59.5 Å². The molecule has 2 aromatic carbocycles. The van der Waals surface area contributed by atoms with E-state index < -0.39 is 6.04 Å². The van der Waals surface area contributed by atoms with Gasteiger partial charge in [-0.3, -0.25) is 14.5 Å². The molecular formula is C22H26ClN3O2S. The largest absolute Gasteiger partial charge is 0.344 e. The molecule has 0 saturated carbocycles. The number of hydrogen-bond donors (Lipinski definition) is 1. The van der Waals surface area contributed by atoms with Crippen molar-refractivity contribution in [2.45, 2.75) is 24.4 Å². The minimum Gasteiger partial charge on any atom is -0.344 e. The van der Waals surface area contributed by atoms with Gasteiger partial charge in [-0.15, -0.1) is 11.8 Å². The second-order valence-electron chi connectivity index (χ2n) is 7.11. The zero-order valence-electron chi connectivity index (χ0n) is 16.5. The Morgan fingerprint density at radius 1 is 1.03 bits per heavy atom. The summed E-state index contributed by atoms with van der Waals surface area (Å²) in [6, 6.07) is 17.3. The van der Waals surface area contributed by atoms with E-state index in [0.717, 1.165) is 24.5 Å². The van der Waals surface area contributed by atoms with E-state index in [-0.39, 0.29) is 11.8 Å². The van der Waals surface area contributed by atoms with E-state index in [1.807, 2.05) is 47.4 Å². The van der Waals surface area contributed by atoms with Gasteiger partial charge in [0.25, 0.3) is 0 Å². The van der Waals surface area contributed by atoms with E-state index in [1.165, 1.54) is 12.5 Å². The Balaban J connectivity index is 1.53. The fraction of sp³-hybridized carbons (Fsp3) is 0.364. The van der Waals surface area contributed by atoms with Gasteiger partial charge in [0.1, 0.15) is 6.04 Å². The lowest BCUT2D eigenvalue weighted by atomic mass is 10.2. The number of carbonyl (C=O) groups is 2. The first-order valence-corrected chi connectivity index (χ1v) is 11.1. The molecule has 0 spiro atoms. The van der Waals surface area contributed by atoms with Crippen molar-refractivity contribution in [1.82, 2.24) is 15.1 Å². The van der Waals surface area contributed by atoms with Crippen LogP contribution in [0.4, 0.5) is 0 Å². The molecule has 2 amide bonds. The number of nitrogens with one attached hydrogen (secondary N) is 1. The molecule has 29 heavy (non-hydrogen) atoms. The lowest BCUT2D eigenvalue weighted by Gasteiger charge is -2.36. The van der Waals surface area contributed by atoms with E-state index in [2.05, 4.69) is 22.3 Å². The van der Waals surface area contributed by atoms with E-state index in [4.69, 9.17) is 11.6 Å². The Morgan fingerprint density at radius 3 is 2.31 bits per heavy atom. The highest BCUT2D eigenvalue weighted by Gasteiger charge is 2.28. The Hall–Kier alpha value is -2.02. The summed E-state index contributed by atoms with van der Waals surface area (Å²) in [5.41, 5.74) is 1.28. The standard InChI is InChI=1S/C22H26ClN3O2S/c1-17(27)24-21(16-29-20-9-7-19(23)8-10-20)22(28)26-13-11-25(12-14-26)15-18-5-3-2-4-6-18/h2-10,21H,11-16H2,1H3,(H,24,27). The third kappa shape index (κ3) is 6.77. The topological polar surface area (TPSA) is 52.7 Å². The summed E-state index contributed by atoms with van der Waals surface area (Å²) in [5.74, 6) is 0.286. The van der Waals surface area contributed by atoms with Gasteiger partial charge in [-0.25, -0.2) is 0 Å². The van der Waals surface area contributed by atoms with Crippen molar-refractivity contribution in [2.24, 2.45) is 0 Å². The van der Waals surface area contributed by atoms with Crippen LogP contribution in [0.25, 0.3) is 0 Å². The maximum absolute atomic E-state index is 13.0. The van der Waals surface area contributed by atoms with Gasteiger partial charge in [-0.2, -0.15) is 0 Å². The predicted octanol–water partition coefficient (Wildman–Crippen LogP) is 3.28. The predicted molar refractivity (Wildman–Crippen MR) is 118 cm³/mol. The Morgan fingerprint density at radius 2 is 1.69 bits per heavy atom. The van der Waals surface area contributed by atoms with Crippen molar-refractivity contribution in [3.8, 4) is 0 Å². The van der Waals surface area contributed by atoms with Gasteiger partial charge in [0.15, 0.2) is 0 Å². The summed E-state index contributed by atoms with van der Waals surface area (Å²) in [4.78, 5) is 29.9. The average molecular weight is 432 g/mol. The van der Waals surface area contributed by atoms with Crippen molar-refractivity contribution in [3.63, 3.8) is 0 Å². The quantitative estimate of drug-likeness (QED) is 0.683. The highest BCUT2D eigenvalue weighted by Crippen LogP contribution is 2.22. The zero-order chi connectivity index (χ0) is 20.6. The fourth-order valence-electron chi connectivity index (χ4n) is 3.32. The molecule has 0 aliphatic carbocycles. The fourth-order valence-corrected chi connectivity index (χ4v) is 4.36. The number of rotatable bonds is 7. The Labute approximate surface area is 181 Å². The molecule has 0 radical (unpaired) electrons. The van der Waals surface area contributed by atoms with E-state index in [9.17, 15) is 9.59 Å². The van der Waals surface area contributed by atoms with Crippen LogP contribution in [0.3, 0.4) is 0 Å². The maximum atomic E-state index is 13.0. The van der Waals surface area contributed by atoms with Crippen LogP contribution < -0.4 is 5.32 Å². The molecule has 1 aliphatic heterocycles. The van der Waals surface area contributed by atoms with Crippen LogP contribution in [0.2, 0.25) is 5.02 Å². The van der Waals surface area contributed by atoms with E-state index in [1.54, 1.807) is 11.8 Å². The number of carbonyl (C=O) groups excluding carboxylic acids is 2. The highest BCUT2D eigenvalue weighted by molar-refractivity contribution is 7.99. The van der Waals surface area contributed by atoms with Gasteiger partial charge >= 0.3 is 0 Å². The van der Waals surface area contributed by atoms with E-state index >= 15 is 0 Å². The number of halogens is 1. The van der Waals surface area contributed by atoms with Gasteiger partial charge in [-0.1, -0.05) is 41.9 Å². The normalized spacial score (nSPS) is 15.7. The molecule has 1 heterocycles. The van der Waals surface area contributed by atoms with Gasteiger partial charge in [0.05, 0.1) is 0 Å². The molecule has 1 aliphatic rings. The van der Waals surface area contributed by atoms with Crippen LogP contribution in [0.1, 0.15) is 12.5 Å². The molecule has 1 unspecified atom stereocenters. The summed E-state index contributed by atoms with van der Waals surface area (Å²) in [6.07, 6.45) is 0. The molecule has 2 aromatic rings. The number of benzene rings is 2. The average Bonchev–Trinajstić information content (AvgIpc) is 2.73. The summed E-state index contributed by atoms with van der Waals surface area (Å²) in [6.45, 7) is 5.35. The first kappa shape index (κ1) is 21.7. The molecule has 1 saturated heterocycles. The van der Waals surface area contributed by atoms with Crippen molar-refractivity contribution in [2.75, 3.05) is 31.9 Å². The SMILES string of the molecule is CC(=O)NC(CSc1ccc(Cl)cc1)C(=O)N1CCN(Cc2ccccc2)CC1. The van der Waals surface area contributed by atoms with Crippen LogP contribution in [0.5, 0.6) is 0 Å². The van der Waals surface area contributed by atoms with Crippen LogP contribution in [-0.2, 0) is 16.1 Å². The molecule has 1 atom stereocenters. The Kier molecular flexibility index (Phi) is 7.98. The monoisotopic (exact) mass is 431 g/mol. The van der Waals surface area contributed by atoms with Gasteiger partial charge < -0.3 is 10.2 Å². The minimum atomic E-state index is -0.533. The zero-order valence-corrected chi connectivity index (χ0v) is 18.1. The minimum absolute atomic E-state index is 0.0129. The first-order valence-electron chi connectivity index (χ1n) is 9.72. The van der Waals surface area contributed by atoms with Crippen molar-refractivity contribution < 1.29 is 9.59 Å². The first-order chi connectivity index (χ1) is 14.0. The second-order valence-corrected chi connectivity index (χ2v) is 8.63. The van der Waals surface area contributed by atoms with E-state index in [0.29, 0.717) is 23.9 Å². The van der Waals surface area contributed by atoms with Crippen LogP contribution in [0, 0.1) is 0 Å². The summed E-state index contributed by atoms with van der Waals surface area (Å²) in [7, 11) is 0. The molecular weight excluding hydrogens is 406 g/mol. The molecule has 5 nitrogen and oxygen atoms in total. The number of nitrogens with zero attached hydrogens (tertiary/aromatic N) is 2. The van der Waals surface area contributed by atoms with Crippen molar-refractivity contribution in [3.05, 3.63) is 65.2 Å². The molecule has 154 valence electrons. The third-order valence-corrected chi connectivity index (χ3v) is 6.20. The third-order valence-electron chi connectivity index (χ3n) is 4.84. The number of piperazine rings is 1. The molecule has 1 N–H and O–H groups in total. The van der Waals surface area contributed by atoms with Crippen molar-refractivity contribution >= 4 is 35.2 Å². The highest BCUT2D eigenvalue weighted by atomic mass is 35.5. The van der Waals surface area contributed by atoms with Gasteiger partial charge in [0, 0.05) is 55.3 Å². The van der Waals surface area contributed by atoms with Crippen LogP contribution >= 0.6 is 23.4 Å². The number of thioether (sulfide) groups is 1. The molecule has 1 fully saturated rings. The molecule has 0 bridgehead atoms. The number of hydrogen-bond acceptors (Lipinski definition) is 4. The lowest BCUT2D eigenvalue weighted by molar-refractivity contribution is -0.137. The van der Waals surface area contributed by atoms with Gasteiger partial charge in [0.2, 0.25) is 11.8 Å². The number of amides is 2. The molecule has 7 heteroatoms. The summed E-state index contributed by atoms with van der Waals surface area (Å²) >= 11 is 7.47. The summed E-state index contributed by atoms with van der Waals surface area (Å²) in [5, 5.41) is 3.50. The molecule has 3 rings (SSSR count). The Bertz CT molecular complexity index is 809. The maximum Gasteiger partial charge on any atom is 0.246 e. The van der Waals surface area contributed by atoms with Gasteiger partial charge in [-0.05, 0) is 29.8 Å². The lowest BCUT2D eigenvalue weighted by Crippen LogP contribution is -2.55. The van der Waals surface area contributed by atoms with Crippen LogP contribution in [-0.4, -0.2) is 59.6 Å². The molecule has 0 aromatic heterocycles. The van der Waals surface area contributed by atoms with Crippen molar-refractivity contribution in [1.29, 1.82) is 0 Å². The second kappa shape index (κ2) is 10.7. The smallest absolute Gasteiger partial charge is 0.246 e. The summed E-state index contributed by atoms with van der Waals surface area (Å²) < 4.78 is 0.